The van der Waals surface area contributed by atoms with Crippen LogP contribution < -0.4 is 11.1 Å². The van der Waals surface area contributed by atoms with Gasteiger partial charge in [-0.15, -0.1) is 0 Å². The first-order valence-electron chi connectivity index (χ1n) is 5.91. The molecule has 0 heterocycles. The molecule has 0 saturated carbocycles. The van der Waals surface area contributed by atoms with Crippen molar-refractivity contribution in [1.82, 2.24) is 5.32 Å². The maximum Gasteiger partial charge on any atom is 0.224 e. The second-order valence-electron chi connectivity index (χ2n) is 6.06. The van der Waals surface area contributed by atoms with Gasteiger partial charge in [-0.3, -0.25) is 4.79 Å². The summed E-state index contributed by atoms with van der Waals surface area (Å²) in [5.41, 5.74) is 4.62. The molecule has 5 nitrogen and oxygen atoms in total. The maximum atomic E-state index is 12.0. The van der Waals surface area contributed by atoms with E-state index in [0.29, 0.717) is 6.42 Å². The molecule has 0 spiro atoms. The molecule has 0 radical (unpaired) electrons. The molecule has 1 unspecified atom stereocenters. The lowest BCUT2D eigenvalue weighted by Gasteiger charge is -2.30. The molecule has 0 aliphatic carbocycles. The van der Waals surface area contributed by atoms with E-state index in [0.717, 1.165) is 0 Å². The minimum atomic E-state index is -0.984. The molecule has 1 amide bonds. The Morgan fingerprint density at radius 2 is 1.71 bits per heavy atom. The van der Waals surface area contributed by atoms with E-state index >= 15 is 0 Å². The van der Waals surface area contributed by atoms with Gasteiger partial charge in [-0.1, -0.05) is 20.8 Å². The molecular formula is C12H26N2O3. The average molecular weight is 246 g/mol. The van der Waals surface area contributed by atoms with Crippen molar-refractivity contribution in [3.05, 3.63) is 0 Å². The van der Waals surface area contributed by atoms with Crippen molar-refractivity contribution in [2.24, 2.45) is 17.1 Å². The van der Waals surface area contributed by atoms with Gasteiger partial charge in [0.15, 0.2) is 0 Å². The van der Waals surface area contributed by atoms with E-state index < -0.39 is 5.54 Å². The fraction of sp³-hybridized carbons (Fsp3) is 0.917. The summed E-state index contributed by atoms with van der Waals surface area (Å²) in [5.74, 6) is -0.513. The predicted molar refractivity (Wildman–Crippen MR) is 67.3 cm³/mol. The van der Waals surface area contributed by atoms with Gasteiger partial charge in [-0.2, -0.15) is 0 Å². The summed E-state index contributed by atoms with van der Waals surface area (Å²) in [6.07, 6.45) is 0.669. The molecular weight excluding hydrogens is 220 g/mol. The van der Waals surface area contributed by atoms with Gasteiger partial charge < -0.3 is 21.3 Å². The molecule has 0 aromatic carbocycles. The Balaban J connectivity index is 4.56. The third-order valence-corrected chi connectivity index (χ3v) is 2.64. The summed E-state index contributed by atoms with van der Waals surface area (Å²) in [7, 11) is 0. The fourth-order valence-electron chi connectivity index (χ4n) is 1.55. The van der Waals surface area contributed by atoms with Gasteiger partial charge in [0, 0.05) is 6.54 Å². The molecule has 102 valence electrons. The van der Waals surface area contributed by atoms with Crippen molar-refractivity contribution >= 4 is 5.91 Å². The third-order valence-electron chi connectivity index (χ3n) is 2.64. The van der Waals surface area contributed by atoms with Crippen molar-refractivity contribution in [2.75, 3.05) is 19.8 Å². The van der Waals surface area contributed by atoms with E-state index in [4.69, 9.17) is 15.9 Å². The number of aliphatic hydroxyl groups is 2. The molecule has 17 heavy (non-hydrogen) atoms. The first kappa shape index (κ1) is 16.4. The molecule has 0 aliphatic heterocycles. The second-order valence-corrected chi connectivity index (χ2v) is 6.06. The van der Waals surface area contributed by atoms with Crippen LogP contribution in [0.5, 0.6) is 0 Å². The number of rotatable bonds is 6. The lowest BCUT2D eigenvalue weighted by atomic mass is 9.84. The number of hydrogen-bond donors (Lipinski definition) is 4. The Bertz CT molecular complexity index is 245. The van der Waals surface area contributed by atoms with Crippen LogP contribution in [0.2, 0.25) is 0 Å². The summed E-state index contributed by atoms with van der Waals surface area (Å²) < 4.78 is 0. The van der Waals surface area contributed by atoms with Crippen LogP contribution in [0.4, 0.5) is 0 Å². The van der Waals surface area contributed by atoms with Gasteiger partial charge in [-0.25, -0.2) is 0 Å². The Morgan fingerprint density at radius 3 is 2.00 bits per heavy atom. The molecule has 0 rings (SSSR count). The lowest BCUT2D eigenvalue weighted by molar-refractivity contribution is -0.128. The second kappa shape index (κ2) is 6.33. The molecule has 0 aromatic rings. The van der Waals surface area contributed by atoms with Crippen molar-refractivity contribution < 1.29 is 15.0 Å². The van der Waals surface area contributed by atoms with Crippen LogP contribution in [0.25, 0.3) is 0 Å². The number of hydrogen-bond acceptors (Lipinski definition) is 4. The molecule has 0 bridgehead atoms. The van der Waals surface area contributed by atoms with E-state index in [1.807, 2.05) is 20.8 Å². The van der Waals surface area contributed by atoms with E-state index in [1.54, 1.807) is 6.92 Å². The molecule has 0 fully saturated rings. The summed E-state index contributed by atoms with van der Waals surface area (Å²) in [6, 6.07) is 0. The summed E-state index contributed by atoms with van der Waals surface area (Å²) in [5, 5.41) is 20.9. The molecule has 0 saturated heterocycles. The van der Waals surface area contributed by atoms with Crippen molar-refractivity contribution in [1.29, 1.82) is 0 Å². The Kier molecular flexibility index (Phi) is 6.09. The van der Waals surface area contributed by atoms with E-state index in [1.165, 1.54) is 0 Å². The van der Waals surface area contributed by atoms with Gasteiger partial charge in [-0.05, 0) is 18.8 Å². The number of aliphatic hydroxyl groups excluding tert-OH is 2. The standard InChI is InChI=1S/C12H26N2O3/c1-11(2,3)5-9(6-13)10(17)14-12(4,7-15)8-16/h9,15-16H,5-8,13H2,1-4H3,(H,14,17). The Labute approximate surface area is 103 Å². The van der Waals surface area contributed by atoms with Gasteiger partial charge in [0.05, 0.1) is 24.7 Å². The Morgan fingerprint density at radius 1 is 1.24 bits per heavy atom. The first-order valence-corrected chi connectivity index (χ1v) is 5.91. The zero-order chi connectivity index (χ0) is 13.7. The maximum absolute atomic E-state index is 12.0. The smallest absolute Gasteiger partial charge is 0.224 e. The third kappa shape index (κ3) is 6.00. The molecule has 0 aliphatic rings. The minimum absolute atomic E-state index is 0.0101. The van der Waals surface area contributed by atoms with Gasteiger partial charge in [0.1, 0.15) is 0 Å². The van der Waals surface area contributed by atoms with Crippen LogP contribution >= 0.6 is 0 Å². The van der Waals surface area contributed by atoms with Crippen LogP contribution in [0.3, 0.4) is 0 Å². The highest BCUT2D eigenvalue weighted by Gasteiger charge is 2.30. The fourth-order valence-corrected chi connectivity index (χ4v) is 1.55. The SMILES string of the molecule is CC(C)(C)CC(CN)C(=O)NC(C)(CO)CO. The van der Waals surface area contributed by atoms with E-state index in [2.05, 4.69) is 5.32 Å². The van der Waals surface area contributed by atoms with Gasteiger partial charge in [0.2, 0.25) is 5.91 Å². The van der Waals surface area contributed by atoms with Crippen molar-refractivity contribution in [2.45, 2.75) is 39.7 Å². The zero-order valence-corrected chi connectivity index (χ0v) is 11.3. The summed E-state index contributed by atoms with van der Waals surface area (Å²) in [6.45, 7) is 7.37. The average Bonchev–Trinajstić information content (AvgIpc) is 2.24. The Hall–Kier alpha value is -0.650. The van der Waals surface area contributed by atoms with Gasteiger partial charge >= 0.3 is 0 Å². The van der Waals surface area contributed by atoms with Gasteiger partial charge in [0.25, 0.3) is 0 Å². The quantitative estimate of drug-likeness (QED) is 0.524. The number of nitrogens with one attached hydrogen (secondary N) is 1. The number of amides is 1. The van der Waals surface area contributed by atoms with Crippen LogP contribution in [0.15, 0.2) is 0 Å². The number of carbonyl (C=O) groups excluding carboxylic acids is 1. The normalized spacial score (nSPS) is 14.5. The van der Waals surface area contributed by atoms with Crippen LogP contribution in [0.1, 0.15) is 34.1 Å². The van der Waals surface area contributed by atoms with Crippen molar-refractivity contribution in [3.8, 4) is 0 Å². The summed E-state index contributed by atoms with van der Waals surface area (Å²) >= 11 is 0. The lowest BCUT2D eigenvalue weighted by Crippen LogP contribution is -2.54. The van der Waals surface area contributed by atoms with E-state index in [-0.39, 0.29) is 37.0 Å². The zero-order valence-electron chi connectivity index (χ0n) is 11.3. The highest BCUT2D eigenvalue weighted by atomic mass is 16.3. The van der Waals surface area contributed by atoms with Crippen LogP contribution in [-0.4, -0.2) is 41.4 Å². The number of nitrogens with two attached hydrogens (primary N) is 1. The first-order chi connectivity index (χ1) is 7.67. The topological polar surface area (TPSA) is 95.6 Å². The van der Waals surface area contributed by atoms with Crippen molar-refractivity contribution in [3.63, 3.8) is 0 Å². The monoisotopic (exact) mass is 246 g/mol. The summed E-state index contributed by atoms with van der Waals surface area (Å²) in [4.78, 5) is 12.0. The largest absolute Gasteiger partial charge is 0.394 e. The molecule has 5 heteroatoms. The highest BCUT2D eigenvalue weighted by molar-refractivity contribution is 5.79. The van der Waals surface area contributed by atoms with E-state index in [9.17, 15) is 4.79 Å². The number of carbonyl (C=O) groups is 1. The molecule has 1 atom stereocenters. The van der Waals surface area contributed by atoms with Crippen LogP contribution in [-0.2, 0) is 4.79 Å². The minimum Gasteiger partial charge on any atom is -0.394 e. The molecule has 0 aromatic heterocycles. The predicted octanol–water partition coefficient (Wildman–Crippen LogP) is -0.143. The molecule has 5 N–H and O–H groups in total. The van der Waals surface area contributed by atoms with Crippen LogP contribution in [0, 0.1) is 11.3 Å². The highest BCUT2D eigenvalue weighted by Crippen LogP contribution is 2.24.